The van der Waals surface area contributed by atoms with Crippen LogP contribution in [0.15, 0.2) is 17.0 Å². The van der Waals surface area contributed by atoms with Gasteiger partial charge in [-0.15, -0.1) is 0 Å². The Morgan fingerprint density at radius 2 is 2.00 bits per heavy atom. The quantitative estimate of drug-likeness (QED) is 0.934. The molecule has 0 saturated carbocycles. The molecule has 0 spiro atoms. The summed E-state index contributed by atoms with van der Waals surface area (Å²) < 4.78 is 29.2. The number of aliphatic hydroxyl groups excluding tert-OH is 1. The Bertz CT molecular complexity index is 581. The molecule has 0 aromatic carbocycles. The third-order valence-corrected chi connectivity index (χ3v) is 3.37. The van der Waals surface area contributed by atoms with Gasteiger partial charge in [0.15, 0.2) is 0 Å². The molecule has 5 nitrogen and oxygen atoms in total. The monoisotopic (exact) mass is 334 g/mol. The van der Waals surface area contributed by atoms with Gasteiger partial charge in [0.25, 0.3) is 6.43 Å². The minimum Gasteiger partial charge on any atom is -0.383 e. The molecule has 2 rings (SSSR count). The highest BCUT2D eigenvalue weighted by Crippen LogP contribution is 2.32. The largest absolute Gasteiger partial charge is 0.383 e. The Morgan fingerprint density at radius 3 is 2.47 bits per heavy atom. The highest BCUT2D eigenvalue weighted by Gasteiger charge is 2.26. The number of hydrogen-bond acceptors (Lipinski definition) is 3. The first-order chi connectivity index (χ1) is 8.93. The fourth-order valence-corrected chi connectivity index (χ4v) is 2.39. The van der Waals surface area contributed by atoms with Crippen molar-refractivity contribution in [1.82, 2.24) is 19.6 Å². The molecule has 8 heteroatoms. The smallest absolute Gasteiger partial charge is 0.282 e. The SMILES string of the molecule is CCn1cc(C(O)c2cn(C)nc2Br)c(C(F)F)n1. The lowest BCUT2D eigenvalue weighted by molar-refractivity contribution is 0.137. The standard InChI is InChI=1S/C11H13BrF2N4O/c1-3-18-5-6(8(15-18)11(13)14)9(19)7-4-17(2)16-10(7)12/h4-5,9,11,19H,3H2,1-2H3. The number of aromatic nitrogens is 4. The van der Waals surface area contributed by atoms with Gasteiger partial charge in [-0.05, 0) is 22.9 Å². The van der Waals surface area contributed by atoms with Crippen molar-refractivity contribution in [2.24, 2.45) is 7.05 Å². The predicted octanol–water partition coefficient (Wildman–Crippen LogP) is 2.42. The molecule has 2 aromatic heterocycles. The summed E-state index contributed by atoms with van der Waals surface area (Å²) in [5.74, 6) is 0. The summed E-state index contributed by atoms with van der Waals surface area (Å²) >= 11 is 3.19. The molecule has 0 amide bonds. The number of aryl methyl sites for hydroxylation is 2. The molecule has 1 N–H and O–H groups in total. The number of nitrogens with zero attached hydrogens (tertiary/aromatic N) is 4. The minimum atomic E-state index is -2.73. The first-order valence-electron chi connectivity index (χ1n) is 5.66. The van der Waals surface area contributed by atoms with Gasteiger partial charge in [0.05, 0.1) is 0 Å². The molecule has 0 aliphatic rings. The van der Waals surface area contributed by atoms with Crippen LogP contribution in [0.1, 0.15) is 36.3 Å². The maximum absolute atomic E-state index is 12.9. The highest BCUT2D eigenvalue weighted by atomic mass is 79.9. The van der Waals surface area contributed by atoms with E-state index in [1.807, 2.05) is 0 Å². The van der Waals surface area contributed by atoms with Crippen LogP contribution in [0.4, 0.5) is 8.78 Å². The third kappa shape index (κ3) is 2.69. The number of halogens is 3. The topological polar surface area (TPSA) is 55.9 Å². The molecule has 0 bridgehead atoms. The van der Waals surface area contributed by atoms with E-state index in [4.69, 9.17) is 0 Å². The predicted molar refractivity (Wildman–Crippen MR) is 67.8 cm³/mol. The molecule has 2 aromatic rings. The summed E-state index contributed by atoms with van der Waals surface area (Å²) in [6, 6.07) is 0. The summed E-state index contributed by atoms with van der Waals surface area (Å²) in [6.07, 6.45) is -0.904. The molecule has 0 aliphatic carbocycles. The zero-order chi connectivity index (χ0) is 14.2. The molecule has 1 atom stereocenters. The van der Waals surface area contributed by atoms with Gasteiger partial charge in [0, 0.05) is 37.1 Å². The summed E-state index contributed by atoms with van der Waals surface area (Å²) in [5, 5.41) is 18.0. The van der Waals surface area contributed by atoms with Crippen molar-refractivity contribution in [2.75, 3.05) is 0 Å². The van der Waals surface area contributed by atoms with Crippen molar-refractivity contribution in [1.29, 1.82) is 0 Å². The van der Waals surface area contributed by atoms with Crippen LogP contribution >= 0.6 is 15.9 Å². The molecule has 0 fully saturated rings. The zero-order valence-electron chi connectivity index (χ0n) is 10.4. The Labute approximate surface area is 117 Å². The van der Waals surface area contributed by atoms with Crippen molar-refractivity contribution in [3.05, 3.63) is 33.8 Å². The molecule has 0 saturated heterocycles. The molecule has 0 aliphatic heterocycles. The van der Waals surface area contributed by atoms with E-state index in [0.717, 1.165) is 0 Å². The van der Waals surface area contributed by atoms with Gasteiger partial charge in [-0.1, -0.05) is 0 Å². The van der Waals surface area contributed by atoms with Gasteiger partial charge in [-0.3, -0.25) is 9.36 Å². The summed E-state index contributed by atoms with van der Waals surface area (Å²) in [6.45, 7) is 2.25. The molecular formula is C11H13BrF2N4O. The number of hydrogen-bond donors (Lipinski definition) is 1. The average molecular weight is 335 g/mol. The van der Waals surface area contributed by atoms with Crippen molar-refractivity contribution >= 4 is 15.9 Å². The third-order valence-electron chi connectivity index (χ3n) is 2.75. The summed E-state index contributed by atoms with van der Waals surface area (Å²) in [5.41, 5.74) is 0.135. The fourth-order valence-electron chi connectivity index (χ4n) is 1.82. The Balaban J connectivity index is 2.45. The normalized spacial score (nSPS) is 13.2. The minimum absolute atomic E-state index is 0.102. The second kappa shape index (κ2) is 5.38. The van der Waals surface area contributed by atoms with Crippen molar-refractivity contribution in [3.63, 3.8) is 0 Å². The van der Waals surface area contributed by atoms with Crippen LogP contribution in [0.3, 0.4) is 0 Å². The van der Waals surface area contributed by atoms with Gasteiger partial charge in [-0.2, -0.15) is 10.2 Å². The molecule has 2 heterocycles. The Kier molecular flexibility index (Phi) is 4.00. The van der Waals surface area contributed by atoms with Crippen LogP contribution in [-0.2, 0) is 13.6 Å². The van der Waals surface area contributed by atoms with E-state index in [1.165, 1.54) is 15.6 Å². The van der Waals surface area contributed by atoms with Gasteiger partial charge < -0.3 is 5.11 Å². The number of aliphatic hydroxyl groups is 1. The van der Waals surface area contributed by atoms with E-state index in [0.29, 0.717) is 16.7 Å². The second-order valence-corrected chi connectivity index (χ2v) is 4.83. The van der Waals surface area contributed by atoms with E-state index in [2.05, 4.69) is 26.1 Å². The Morgan fingerprint density at radius 1 is 1.32 bits per heavy atom. The van der Waals surface area contributed by atoms with Crippen LogP contribution in [-0.4, -0.2) is 24.7 Å². The summed E-state index contributed by atoms with van der Waals surface area (Å²) in [4.78, 5) is 0. The summed E-state index contributed by atoms with van der Waals surface area (Å²) in [7, 11) is 1.68. The van der Waals surface area contributed by atoms with Crippen LogP contribution < -0.4 is 0 Å². The van der Waals surface area contributed by atoms with E-state index in [1.54, 1.807) is 20.2 Å². The lowest BCUT2D eigenvalue weighted by Crippen LogP contribution is -2.02. The van der Waals surface area contributed by atoms with E-state index in [-0.39, 0.29) is 5.56 Å². The van der Waals surface area contributed by atoms with Crippen LogP contribution in [0.2, 0.25) is 0 Å². The highest BCUT2D eigenvalue weighted by molar-refractivity contribution is 9.10. The average Bonchev–Trinajstić information content (AvgIpc) is 2.91. The van der Waals surface area contributed by atoms with Gasteiger partial charge in [0.2, 0.25) is 0 Å². The maximum Gasteiger partial charge on any atom is 0.282 e. The maximum atomic E-state index is 12.9. The molecule has 0 radical (unpaired) electrons. The van der Waals surface area contributed by atoms with Crippen LogP contribution in [0, 0.1) is 0 Å². The lowest BCUT2D eigenvalue weighted by Gasteiger charge is -2.08. The Hall–Kier alpha value is -1.28. The molecule has 1 unspecified atom stereocenters. The first-order valence-corrected chi connectivity index (χ1v) is 6.45. The fraction of sp³-hybridized carbons (Fsp3) is 0.455. The van der Waals surface area contributed by atoms with E-state index >= 15 is 0 Å². The van der Waals surface area contributed by atoms with E-state index < -0.39 is 18.2 Å². The van der Waals surface area contributed by atoms with Gasteiger partial charge in [-0.25, -0.2) is 8.78 Å². The number of rotatable bonds is 4. The second-order valence-electron chi connectivity index (χ2n) is 4.08. The molecular weight excluding hydrogens is 322 g/mol. The van der Waals surface area contributed by atoms with Gasteiger partial charge in [0.1, 0.15) is 16.4 Å². The zero-order valence-corrected chi connectivity index (χ0v) is 12.0. The number of alkyl halides is 2. The van der Waals surface area contributed by atoms with Crippen LogP contribution in [0.25, 0.3) is 0 Å². The van der Waals surface area contributed by atoms with Crippen molar-refractivity contribution < 1.29 is 13.9 Å². The first kappa shape index (κ1) is 14.1. The lowest BCUT2D eigenvalue weighted by atomic mass is 10.1. The van der Waals surface area contributed by atoms with Gasteiger partial charge >= 0.3 is 0 Å². The molecule has 104 valence electrons. The molecule has 19 heavy (non-hydrogen) atoms. The van der Waals surface area contributed by atoms with Crippen LogP contribution in [0.5, 0.6) is 0 Å². The van der Waals surface area contributed by atoms with Crippen molar-refractivity contribution in [3.8, 4) is 0 Å². The van der Waals surface area contributed by atoms with E-state index in [9.17, 15) is 13.9 Å². The van der Waals surface area contributed by atoms with Crippen molar-refractivity contribution in [2.45, 2.75) is 26.0 Å².